The van der Waals surface area contributed by atoms with Crippen molar-refractivity contribution < 1.29 is 34.1 Å². The molecule has 0 heterocycles. The van der Waals surface area contributed by atoms with Gasteiger partial charge in [-0.05, 0) is 12.1 Å². The lowest BCUT2D eigenvalue weighted by molar-refractivity contribution is -0.138. The number of hydrogen-bond donors (Lipinski definition) is 3. The summed E-state index contributed by atoms with van der Waals surface area (Å²) in [7, 11) is 2.21. The maximum absolute atomic E-state index is 11.6. The minimum Gasteiger partial charge on any atom is -0.507 e. The molecule has 0 aromatic heterocycles. The summed E-state index contributed by atoms with van der Waals surface area (Å²) in [6, 6.07) is 3.87. The number of carboxylic acid groups (broad SMARTS) is 1. The standard InChI is InChI=1S/C13H13NO7/c1-20-10(16)6-8(13(19)21-2)14-7-4-3-5-9(15)11(7)12(17)18/h3-6,14-15H,1-2H3,(H,17,18)/b8-6+. The number of phenols is 1. The maximum Gasteiger partial charge on any atom is 0.354 e. The molecule has 0 radical (unpaired) electrons. The summed E-state index contributed by atoms with van der Waals surface area (Å²) in [6.45, 7) is 0. The van der Waals surface area contributed by atoms with Crippen LogP contribution < -0.4 is 5.32 Å². The third-order valence-electron chi connectivity index (χ3n) is 2.39. The van der Waals surface area contributed by atoms with Gasteiger partial charge >= 0.3 is 17.9 Å². The van der Waals surface area contributed by atoms with E-state index in [1.807, 2.05) is 0 Å². The molecule has 0 saturated heterocycles. The molecular formula is C13H13NO7. The predicted molar refractivity (Wildman–Crippen MR) is 70.8 cm³/mol. The highest BCUT2D eigenvalue weighted by molar-refractivity contribution is 6.02. The molecule has 1 rings (SSSR count). The number of methoxy groups -OCH3 is 2. The highest BCUT2D eigenvalue weighted by Crippen LogP contribution is 2.26. The van der Waals surface area contributed by atoms with Crippen LogP contribution in [0.2, 0.25) is 0 Å². The van der Waals surface area contributed by atoms with E-state index in [1.54, 1.807) is 0 Å². The van der Waals surface area contributed by atoms with E-state index in [9.17, 15) is 19.5 Å². The van der Waals surface area contributed by atoms with Gasteiger partial charge in [-0.15, -0.1) is 0 Å². The SMILES string of the molecule is COC(=O)/C=C(/Nc1cccc(O)c1C(=O)O)C(=O)OC. The molecule has 0 aliphatic rings. The lowest BCUT2D eigenvalue weighted by Crippen LogP contribution is -2.17. The van der Waals surface area contributed by atoms with Crippen LogP contribution in [-0.4, -0.2) is 42.3 Å². The quantitative estimate of drug-likeness (QED) is 0.537. The third kappa shape index (κ3) is 3.96. The van der Waals surface area contributed by atoms with Gasteiger partial charge in [0.25, 0.3) is 0 Å². The van der Waals surface area contributed by atoms with Crippen molar-refractivity contribution in [3.8, 4) is 5.75 Å². The zero-order valence-corrected chi connectivity index (χ0v) is 11.2. The number of aromatic carboxylic acids is 1. The van der Waals surface area contributed by atoms with Gasteiger partial charge < -0.3 is 25.0 Å². The van der Waals surface area contributed by atoms with Crippen LogP contribution in [0.15, 0.2) is 30.0 Å². The maximum atomic E-state index is 11.6. The Morgan fingerprint density at radius 2 is 1.86 bits per heavy atom. The van der Waals surface area contributed by atoms with E-state index in [2.05, 4.69) is 14.8 Å². The first kappa shape index (κ1) is 16.0. The highest BCUT2D eigenvalue weighted by atomic mass is 16.5. The molecule has 0 saturated carbocycles. The summed E-state index contributed by atoms with van der Waals surface area (Å²) >= 11 is 0. The van der Waals surface area contributed by atoms with Crippen molar-refractivity contribution in [2.45, 2.75) is 0 Å². The Labute approximate surface area is 119 Å². The minimum absolute atomic E-state index is 0.0805. The number of carbonyl (C=O) groups excluding carboxylic acids is 2. The van der Waals surface area contributed by atoms with Crippen LogP contribution in [0.1, 0.15) is 10.4 Å². The van der Waals surface area contributed by atoms with E-state index in [4.69, 9.17) is 5.11 Å². The van der Waals surface area contributed by atoms with E-state index in [1.165, 1.54) is 18.2 Å². The number of carboxylic acids is 1. The van der Waals surface area contributed by atoms with Crippen LogP contribution in [0.25, 0.3) is 0 Å². The molecule has 8 heteroatoms. The molecule has 0 bridgehead atoms. The van der Waals surface area contributed by atoms with Gasteiger partial charge in [0.05, 0.1) is 26.0 Å². The Morgan fingerprint density at radius 1 is 1.19 bits per heavy atom. The first-order valence-corrected chi connectivity index (χ1v) is 5.61. The van der Waals surface area contributed by atoms with Gasteiger partial charge in [0, 0.05) is 0 Å². The second-order valence-corrected chi connectivity index (χ2v) is 3.70. The van der Waals surface area contributed by atoms with Crippen LogP contribution in [0.4, 0.5) is 5.69 Å². The van der Waals surface area contributed by atoms with Gasteiger partial charge in [0.1, 0.15) is 17.0 Å². The van der Waals surface area contributed by atoms with Gasteiger partial charge in [-0.25, -0.2) is 14.4 Å². The van der Waals surface area contributed by atoms with Crippen molar-refractivity contribution in [2.24, 2.45) is 0 Å². The Bertz CT molecular complexity index is 607. The van der Waals surface area contributed by atoms with Crippen LogP contribution in [0.5, 0.6) is 5.75 Å². The zero-order chi connectivity index (χ0) is 16.0. The van der Waals surface area contributed by atoms with Gasteiger partial charge in [-0.2, -0.15) is 0 Å². The molecule has 0 unspecified atom stereocenters. The number of esters is 2. The zero-order valence-electron chi connectivity index (χ0n) is 11.2. The number of anilines is 1. The van der Waals surface area contributed by atoms with Crippen molar-refractivity contribution in [1.82, 2.24) is 0 Å². The molecule has 1 aromatic rings. The van der Waals surface area contributed by atoms with Gasteiger partial charge in [0.15, 0.2) is 0 Å². The van der Waals surface area contributed by atoms with Crippen LogP contribution >= 0.6 is 0 Å². The number of benzene rings is 1. The molecule has 112 valence electrons. The normalized spacial score (nSPS) is 10.7. The lowest BCUT2D eigenvalue weighted by Gasteiger charge is -2.12. The van der Waals surface area contributed by atoms with Crippen LogP contribution in [0, 0.1) is 0 Å². The van der Waals surface area contributed by atoms with Crippen LogP contribution in [0.3, 0.4) is 0 Å². The van der Waals surface area contributed by atoms with E-state index < -0.39 is 29.2 Å². The van der Waals surface area contributed by atoms with Gasteiger partial charge in [0.2, 0.25) is 0 Å². The fourth-order valence-corrected chi connectivity index (χ4v) is 1.45. The molecular weight excluding hydrogens is 282 g/mol. The smallest absolute Gasteiger partial charge is 0.354 e. The molecule has 0 atom stereocenters. The molecule has 0 spiro atoms. The number of carbonyl (C=O) groups is 3. The van der Waals surface area contributed by atoms with E-state index >= 15 is 0 Å². The molecule has 3 N–H and O–H groups in total. The van der Waals surface area contributed by atoms with Crippen molar-refractivity contribution in [2.75, 3.05) is 19.5 Å². The fourth-order valence-electron chi connectivity index (χ4n) is 1.45. The van der Waals surface area contributed by atoms with Crippen LogP contribution in [-0.2, 0) is 19.1 Å². The summed E-state index contributed by atoms with van der Waals surface area (Å²) in [5.41, 5.74) is -0.863. The second-order valence-electron chi connectivity index (χ2n) is 3.70. The molecule has 0 aliphatic heterocycles. The summed E-state index contributed by atoms with van der Waals surface area (Å²) in [4.78, 5) is 33.9. The first-order valence-electron chi connectivity index (χ1n) is 5.61. The molecule has 0 aliphatic carbocycles. The second kappa shape index (κ2) is 6.94. The molecule has 0 fully saturated rings. The Balaban J connectivity index is 3.25. The van der Waals surface area contributed by atoms with Crippen molar-refractivity contribution in [1.29, 1.82) is 0 Å². The molecule has 8 nitrogen and oxygen atoms in total. The predicted octanol–water partition coefficient (Wildman–Crippen LogP) is 0.732. The van der Waals surface area contributed by atoms with E-state index in [-0.39, 0.29) is 11.4 Å². The van der Waals surface area contributed by atoms with E-state index in [0.29, 0.717) is 0 Å². The average molecular weight is 295 g/mol. The average Bonchev–Trinajstić information content (AvgIpc) is 2.45. The van der Waals surface area contributed by atoms with Gasteiger partial charge in [-0.3, -0.25) is 0 Å². The number of ether oxygens (including phenoxy) is 2. The molecule has 21 heavy (non-hydrogen) atoms. The number of hydrogen-bond acceptors (Lipinski definition) is 7. The Morgan fingerprint density at radius 3 is 2.38 bits per heavy atom. The van der Waals surface area contributed by atoms with Gasteiger partial charge in [-0.1, -0.05) is 6.07 Å². The van der Waals surface area contributed by atoms with Crippen molar-refractivity contribution in [3.05, 3.63) is 35.5 Å². The minimum atomic E-state index is -1.40. The number of nitrogens with one attached hydrogen (secondary N) is 1. The first-order chi connectivity index (χ1) is 9.90. The van der Waals surface area contributed by atoms with E-state index in [0.717, 1.165) is 20.3 Å². The summed E-state index contributed by atoms with van der Waals surface area (Å²) in [5, 5.41) is 21.0. The molecule has 0 amide bonds. The summed E-state index contributed by atoms with van der Waals surface area (Å²) in [6.07, 6.45) is 0.807. The number of rotatable bonds is 5. The Hall–Kier alpha value is -3.03. The monoisotopic (exact) mass is 295 g/mol. The topological polar surface area (TPSA) is 122 Å². The number of aromatic hydroxyl groups is 1. The van der Waals surface area contributed by atoms with Crippen molar-refractivity contribution in [3.63, 3.8) is 0 Å². The lowest BCUT2D eigenvalue weighted by atomic mass is 10.1. The molecule has 1 aromatic carbocycles. The summed E-state index contributed by atoms with van der Waals surface area (Å²) < 4.78 is 8.86. The highest BCUT2D eigenvalue weighted by Gasteiger charge is 2.19. The van der Waals surface area contributed by atoms with Crippen molar-refractivity contribution >= 4 is 23.6 Å². The third-order valence-corrected chi connectivity index (χ3v) is 2.39. The Kier molecular flexibility index (Phi) is 5.30. The summed E-state index contributed by atoms with van der Waals surface area (Å²) in [5.74, 6) is -3.63. The largest absolute Gasteiger partial charge is 0.507 e. The fraction of sp³-hybridized carbons (Fsp3) is 0.154.